The third-order valence-electron chi connectivity index (χ3n) is 3.70. The van der Waals surface area contributed by atoms with Crippen molar-refractivity contribution in [2.45, 2.75) is 6.54 Å². The van der Waals surface area contributed by atoms with Crippen LogP contribution in [0.1, 0.15) is 0 Å². The predicted molar refractivity (Wildman–Crippen MR) is 93.8 cm³/mol. The summed E-state index contributed by atoms with van der Waals surface area (Å²) in [7, 11) is 0. The Morgan fingerprint density at radius 2 is 1.96 bits per heavy atom. The Morgan fingerprint density at radius 3 is 2.81 bits per heavy atom. The molecule has 0 aliphatic heterocycles. The van der Waals surface area contributed by atoms with Gasteiger partial charge in [0.05, 0.1) is 11.1 Å². The first-order chi connectivity index (χ1) is 12.7. The monoisotopic (exact) mass is 347 g/mol. The van der Waals surface area contributed by atoms with E-state index in [1.54, 1.807) is 61.1 Å². The number of anilines is 1. The summed E-state index contributed by atoms with van der Waals surface area (Å²) in [4.78, 5) is 29.0. The van der Waals surface area contributed by atoms with E-state index in [0.29, 0.717) is 22.4 Å². The highest BCUT2D eigenvalue weighted by Gasteiger charge is 2.12. The summed E-state index contributed by atoms with van der Waals surface area (Å²) in [6.07, 6.45) is 4.94. The molecule has 0 spiro atoms. The molecule has 1 N–H and O–H groups in total. The summed E-state index contributed by atoms with van der Waals surface area (Å²) in [6, 6.07) is 12.0. The van der Waals surface area contributed by atoms with Gasteiger partial charge in [0.25, 0.3) is 5.56 Å². The molecule has 0 saturated carbocycles. The molecule has 3 heterocycles. The highest BCUT2D eigenvalue weighted by Crippen LogP contribution is 2.16. The minimum atomic E-state index is -0.418. The summed E-state index contributed by atoms with van der Waals surface area (Å²) in [6.45, 7) is -0.260. The lowest BCUT2D eigenvalue weighted by atomic mass is 10.2. The van der Waals surface area contributed by atoms with E-state index >= 15 is 0 Å². The molecule has 0 bridgehead atoms. The van der Waals surface area contributed by atoms with Crippen molar-refractivity contribution in [1.82, 2.24) is 29.8 Å². The zero-order valence-corrected chi connectivity index (χ0v) is 13.5. The lowest BCUT2D eigenvalue weighted by molar-refractivity contribution is -0.117. The van der Waals surface area contributed by atoms with Crippen LogP contribution in [0.4, 0.5) is 5.69 Å². The number of pyridine rings is 1. The molecule has 26 heavy (non-hydrogen) atoms. The zero-order valence-electron chi connectivity index (χ0n) is 13.5. The number of hydrogen-bond donors (Lipinski definition) is 1. The molecule has 0 aliphatic carbocycles. The lowest BCUT2D eigenvalue weighted by Crippen LogP contribution is -2.30. The van der Waals surface area contributed by atoms with Gasteiger partial charge in [-0.1, -0.05) is 17.3 Å². The molecule has 0 atom stereocenters. The maximum atomic E-state index is 12.4. The van der Waals surface area contributed by atoms with Gasteiger partial charge in [0.15, 0.2) is 5.82 Å². The van der Waals surface area contributed by atoms with Crippen LogP contribution in [0.25, 0.3) is 16.7 Å². The Morgan fingerprint density at radius 1 is 1.08 bits per heavy atom. The van der Waals surface area contributed by atoms with Gasteiger partial charge >= 0.3 is 0 Å². The Kier molecular flexibility index (Phi) is 3.94. The van der Waals surface area contributed by atoms with Crippen molar-refractivity contribution in [2.75, 3.05) is 5.32 Å². The van der Waals surface area contributed by atoms with Crippen molar-refractivity contribution in [1.29, 1.82) is 0 Å². The van der Waals surface area contributed by atoms with Crippen molar-refractivity contribution in [2.24, 2.45) is 0 Å². The number of aromatic nitrogens is 6. The number of carbonyl (C=O) groups excluding carboxylic acids is 1. The normalized spacial score (nSPS) is 10.8. The molecule has 1 amide bonds. The van der Waals surface area contributed by atoms with Crippen LogP contribution in [0.3, 0.4) is 0 Å². The first kappa shape index (κ1) is 15.6. The van der Waals surface area contributed by atoms with Crippen LogP contribution in [-0.4, -0.2) is 35.7 Å². The van der Waals surface area contributed by atoms with Gasteiger partial charge in [0.2, 0.25) is 5.91 Å². The van der Waals surface area contributed by atoms with Crippen LogP contribution in [0.2, 0.25) is 0 Å². The van der Waals surface area contributed by atoms with Gasteiger partial charge in [-0.15, -0.1) is 5.10 Å². The summed E-state index contributed by atoms with van der Waals surface area (Å²) < 4.78 is 2.57. The van der Waals surface area contributed by atoms with E-state index in [2.05, 4.69) is 25.7 Å². The van der Waals surface area contributed by atoms with E-state index in [1.807, 2.05) is 0 Å². The fraction of sp³-hybridized carbons (Fsp3) is 0.0588. The van der Waals surface area contributed by atoms with Crippen LogP contribution in [-0.2, 0) is 11.3 Å². The van der Waals surface area contributed by atoms with E-state index in [1.165, 1.54) is 4.68 Å². The van der Waals surface area contributed by atoms with Crippen molar-refractivity contribution in [3.63, 3.8) is 0 Å². The van der Waals surface area contributed by atoms with Crippen molar-refractivity contribution in [3.8, 4) is 5.82 Å². The number of benzene rings is 1. The fourth-order valence-electron chi connectivity index (χ4n) is 2.52. The van der Waals surface area contributed by atoms with Gasteiger partial charge < -0.3 is 5.32 Å². The van der Waals surface area contributed by atoms with Crippen LogP contribution in [0.15, 0.2) is 65.8 Å². The van der Waals surface area contributed by atoms with Crippen molar-refractivity contribution in [3.05, 3.63) is 71.4 Å². The third kappa shape index (κ3) is 2.93. The number of hydrogen-bond acceptors (Lipinski definition) is 6. The standard InChI is InChI=1S/C17H13N7O2/c25-15(11-24-17(26)12-5-1-2-6-13(12)21-22-24)20-14-7-3-8-18-16(14)23-10-4-9-19-23/h1-10H,11H2,(H,20,25). The molecule has 0 saturated heterocycles. The Hall–Kier alpha value is -3.88. The summed E-state index contributed by atoms with van der Waals surface area (Å²) in [5.41, 5.74) is 0.592. The molecule has 4 aromatic rings. The van der Waals surface area contributed by atoms with Gasteiger partial charge in [0, 0.05) is 18.6 Å². The number of rotatable bonds is 4. The van der Waals surface area contributed by atoms with Crippen molar-refractivity contribution >= 4 is 22.5 Å². The Labute approximate surface area is 146 Å². The SMILES string of the molecule is O=C(Cn1nnc2ccccc2c1=O)Nc1cccnc1-n1cccn1. The molecular formula is C17H13N7O2. The average Bonchev–Trinajstić information content (AvgIpc) is 3.19. The van der Waals surface area contributed by atoms with Gasteiger partial charge in [0.1, 0.15) is 12.1 Å². The summed E-state index contributed by atoms with van der Waals surface area (Å²) in [5, 5.41) is 15.0. The topological polar surface area (TPSA) is 108 Å². The molecule has 0 radical (unpaired) electrons. The van der Waals surface area contributed by atoms with Crippen LogP contribution >= 0.6 is 0 Å². The molecule has 4 rings (SSSR count). The molecule has 128 valence electrons. The third-order valence-corrected chi connectivity index (χ3v) is 3.70. The largest absolute Gasteiger partial charge is 0.321 e. The van der Waals surface area contributed by atoms with E-state index < -0.39 is 5.91 Å². The van der Waals surface area contributed by atoms with E-state index in [9.17, 15) is 9.59 Å². The van der Waals surface area contributed by atoms with Gasteiger partial charge in [-0.25, -0.2) is 14.3 Å². The molecule has 0 unspecified atom stereocenters. The average molecular weight is 347 g/mol. The first-order valence-electron chi connectivity index (χ1n) is 7.80. The second kappa shape index (κ2) is 6.55. The van der Waals surface area contributed by atoms with E-state index in [-0.39, 0.29) is 12.1 Å². The smallest absolute Gasteiger partial charge is 0.278 e. The highest BCUT2D eigenvalue weighted by molar-refractivity contribution is 5.92. The van der Waals surface area contributed by atoms with E-state index in [0.717, 1.165) is 4.68 Å². The first-order valence-corrected chi connectivity index (χ1v) is 7.80. The molecule has 1 aromatic carbocycles. The summed E-state index contributed by atoms with van der Waals surface area (Å²) in [5.74, 6) is 0.0564. The Balaban J connectivity index is 1.59. The highest BCUT2D eigenvalue weighted by atomic mass is 16.2. The molecule has 9 heteroatoms. The quantitative estimate of drug-likeness (QED) is 0.590. The molecular weight excluding hydrogens is 334 g/mol. The number of nitrogens with one attached hydrogen (secondary N) is 1. The molecule has 0 fully saturated rings. The van der Waals surface area contributed by atoms with Crippen LogP contribution < -0.4 is 10.9 Å². The minimum Gasteiger partial charge on any atom is -0.321 e. The second-order valence-corrected chi connectivity index (χ2v) is 5.44. The van der Waals surface area contributed by atoms with Gasteiger partial charge in [-0.05, 0) is 30.3 Å². The van der Waals surface area contributed by atoms with Gasteiger partial charge in [-0.2, -0.15) is 5.10 Å². The fourth-order valence-corrected chi connectivity index (χ4v) is 2.52. The van der Waals surface area contributed by atoms with Crippen molar-refractivity contribution < 1.29 is 4.79 Å². The number of fused-ring (bicyclic) bond motifs is 1. The predicted octanol–water partition coefficient (Wildman–Crippen LogP) is 1.01. The second-order valence-electron chi connectivity index (χ2n) is 5.44. The van der Waals surface area contributed by atoms with Gasteiger partial charge in [-0.3, -0.25) is 9.59 Å². The molecule has 9 nitrogen and oxygen atoms in total. The summed E-state index contributed by atoms with van der Waals surface area (Å²) >= 11 is 0. The van der Waals surface area contributed by atoms with Crippen LogP contribution in [0, 0.1) is 0 Å². The maximum Gasteiger partial charge on any atom is 0.278 e. The zero-order chi connectivity index (χ0) is 17.9. The number of amides is 1. The molecule has 0 aliphatic rings. The minimum absolute atomic E-state index is 0.260. The number of carbonyl (C=O) groups is 1. The lowest BCUT2D eigenvalue weighted by Gasteiger charge is -2.10. The number of nitrogens with zero attached hydrogens (tertiary/aromatic N) is 6. The molecule has 3 aromatic heterocycles. The maximum absolute atomic E-state index is 12.4. The van der Waals surface area contributed by atoms with E-state index in [4.69, 9.17) is 0 Å². The van der Waals surface area contributed by atoms with Crippen LogP contribution in [0.5, 0.6) is 0 Å². The Bertz CT molecular complexity index is 1140.